The summed E-state index contributed by atoms with van der Waals surface area (Å²) in [6.07, 6.45) is 1.75. The first-order valence-corrected chi connectivity index (χ1v) is 7.19. The Hall–Kier alpha value is -1.32. The van der Waals surface area contributed by atoms with Crippen molar-refractivity contribution < 1.29 is 4.74 Å². The monoisotopic (exact) mass is 310 g/mol. The molecule has 0 fully saturated rings. The smallest absolute Gasteiger partial charge is 0.136 e. The van der Waals surface area contributed by atoms with Crippen molar-refractivity contribution in [1.29, 1.82) is 0 Å². The number of aromatic nitrogens is 2. The van der Waals surface area contributed by atoms with Gasteiger partial charge in [-0.2, -0.15) is 0 Å². The van der Waals surface area contributed by atoms with Crippen LogP contribution in [0.4, 0.5) is 0 Å². The molecule has 0 amide bonds. The molecule has 1 heterocycles. The van der Waals surface area contributed by atoms with Crippen LogP contribution in [0.2, 0.25) is 10.2 Å². The third-order valence-electron chi connectivity index (χ3n) is 3.02. The minimum absolute atomic E-state index is 0.473. The highest BCUT2D eigenvalue weighted by atomic mass is 35.5. The quantitative estimate of drug-likeness (QED) is 0.766. The average Bonchev–Trinajstić information content (AvgIpc) is 2.43. The van der Waals surface area contributed by atoms with Crippen molar-refractivity contribution in [3.63, 3.8) is 0 Å². The summed E-state index contributed by atoms with van der Waals surface area (Å²) in [6, 6.07) is 5.45. The van der Waals surface area contributed by atoms with E-state index in [1.807, 2.05) is 19.1 Å². The molecule has 20 heavy (non-hydrogen) atoms. The van der Waals surface area contributed by atoms with Gasteiger partial charge < -0.3 is 4.74 Å². The number of halogens is 2. The minimum Gasteiger partial charge on any atom is -0.496 e. The minimum atomic E-state index is 0.473. The van der Waals surface area contributed by atoms with E-state index in [1.165, 1.54) is 0 Å². The van der Waals surface area contributed by atoms with Gasteiger partial charge in [0.25, 0.3) is 0 Å². The van der Waals surface area contributed by atoms with Crippen LogP contribution in [0.25, 0.3) is 11.3 Å². The molecule has 0 bridgehead atoms. The molecule has 3 nitrogen and oxygen atoms in total. The molecule has 0 saturated carbocycles. The Kier molecular flexibility index (Phi) is 4.84. The van der Waals surface area contributed by atoms with Gasteiger partial charge in [-0.25, -0.2) is 9.97 Å². The topological polar surface area (TPSA) is 35.0 Å². The number of rotatable bonds is 4. The van der Waals surface area contributed by atoms with Crippen LogP contribution in [0.1, 0.15) is 24.7 Å². The highest BCUT2D eigenvalue weighted by Gasteiger charge is 2.15. The van der Waals surface area contributed by atoms with Crippen molar-refractivity contribution in [1.82, 2.24) is 9.97 Å². The van der Waals surface area contributed by atoms with Gasteiger partial charge in [0.2, 0.25) is 0 Å². The molecule has 2 aromatic rings. The maximum absolute atomic E-state index is 6.22. The lowest BCUT2D eigenvalue weighted by atomic mass is 10.1. The van der Waals surface area contributed by atoms with Gasteiger partial charge in [-0.15, -0.1) is 0 Å². The van der Waals surface area contributed by atoms with Crippen molar-refractivity contribution in [2.45, 2.75) is 26.7 Å². The third kappa shape index (κ3) is 3.05. The summed E-state index contributed by atoms with van der Waals surface area (Å²) in [4.78, 5) is 8.92. The van der Waals surface area contributed by atoms with Gasteiger partial charge in [-0.1, -0.05) is 30.1 Å². The Labute approximate surface area is 128 Å². The van der Waals surface area contributed by atoms with Crippen LogP contribution >= 0.6 is 23.2 Å². The van der Waals surface area contributed by atoms with Crippen LogP contribution in [-0.4, -0.2) is 17.1 Å². The summed E-state index contributed by atoms with van der Waals surface area (Å²) in [6.45, 7) is 3.98. The number of methoxy groups -OCH3 is 1. The SMILES string of the molecule is CCCc1nc(Cl)c(C)c(-c2cc(Cl)ccc2OC)n1. The zero-order valence-corrected chi connectivity index (χ0v) is 13.2. The number of hydrogen-bond donors (Lipinski definition) is 0. The Morgan fingerprint density at radius 2 is 1.95 bits per heavy atom. The van der Waals surface area contributed by atoms with Crippen LogP contribution in [-0.2, 0) is 6.42 Å². The van der Waals surface area contributed by atoms with E-state index in [0.717, 1.165) is 41.2 Å². The lowest BCUT2D eigenvalue weighted by molar-refractivity contribution is 0.416. The molecule has 1 aromatic carbocycles. The maximum Gasteiger partial charge on any atom is 0.136 e. The van der Waals surface area contributed by atoms with Crippen molar-refractivity contribution in [2.75, 3.05) is 7.11 Å². The first kappa shape index (κ1) is 15.1. The number of aryl methyl sites for hydroxylation is 1. The van der Waals surface area contributed by atoms with E-state index in [4.69, 9.17) is 27.9 Å². The Morgan fingerprint density at radius 3 is 2.60 bits per heavy atom. The lowest BCUT2D eigenvalue weighted by Gasteiger charge is -2.13. The van der Waals surface area contributed by atoms with E-state index in [1.54, 1.807) is 13.2 Å². The Balaban J connectivity index is 2.65. The number of hydrogen-bond acceptors (Lipinski definition) is 3. The molecule has 0 unspecified atom stereocenters. The fourth-order valence-electron chi connectivity index (χ4n) is 2.00. The number of benzene rings is 1. The van der Waals surface area contributed by atoms with Crippen molar-refractivity contribution in [3.05, 3.63) is 39.8 Å². The van der Waals surface area contributed by atoms with Crippen LogP contribution in [0, 0.1) is 6.92 Å². The lowest BCUT2D eigenvalue weighted by Crippen LogP contribution is -2.01. The third-order valence-corrected chi connectivity index (χ3v) is 3.63. The summed E-state index contributed by atoms with van der Waals surface area (Å²) >= 11 is 12.3. The summed E-state index contributed by atoms with van der Waals surface area (Å²) in [7, 11) is 1.62. The molecule has 0 radical (unpaired) electrons. The normalized spacial score (nSPS) is 10.7. The van der Waals surface area contributed by atoms with Crippen LogP contribution in [0.3, 0.4) is 0 Å². The molecule has 0 spiro atoms. The Morgan fingerprint density at radius 1 is 1.20 bits per heavy atom. The number of nitrogens with zero attached hydrogens (tertiary/aromatic N) is 2. The summed E-state index contributed by atoms with van der Waals surface area (Å²) in [5.41, 5.74) is 2.43. The van der Waals surface area contributed by atoms with Gasteiger partial charge in [0.05, 0.1) is 12.8 Å². The zero-order valence-electron chi connectivity index (χ0n) is 11.7. The summed E-state index contributed by atoms with van der Waals surface area (Å²) < 4.78 is 5.39. The van der Waals surface area contributed by atoms with Crippen molar-refractivity contribution in [3.8, 4) is 17.0 Å². The first-order valence-electron chi connectivity index (χ1n) is 6.43. The largest absolute Gasteiger partial charge is 0.496 e. The second kappa shape index (κ2) is 6.42. The maximum atomic E-state index is 6.22. The first-order chi connectivity index (χ1) is 9.56. The van der Waals surface area contributed by atoms with Crippen LogP contribution in [0.15, 0.2) is 18.2 Å². The van der Waals surface area contributed by atoms with E-state index in [0.29, 0.717) is 10.2 Å². The molecule has 1 aromatic heterocycles. The van der Waals surface area contributed by atoms with Crippen molar-refractivity contribution >= 4 is 23.2 Å². The van der Waals surface area contributed by atoms with Gasteiger partial charge in [-0.05, 0) is 31.5 Å². The predicted molar refractivity (Wildman–Crippen MR) is 82.8 cm³/mol. The van der Waals surface area contributed by atoms with Gasteiger partial charge >= 0.3 is 0 Å². The Bertz CT molecular complexity index is 630. The molecule has 0 aliphatic carbocycles. The fourth-order valence-corrected chi connectivity index (χ4v) is 2.35. The molecular formula is C15H16Cl2N2O. The fraction of sp³-hybridized carbons (Fsp3) is 0.333. The standard InChI is InChI=1S/C15H16Cl2N2O/c1-4-5-13-18-14(9(2)15(17)19-13)11-8-10(16)6-7-12(11)20-3/h6-8H,4-5H2,1-3H3. The second-order valence-electron chi connectivity index (χ2n) is 4.50. The van der Waals surface area contributed by atoms with Gasteiger partial charge in [0.1, 0.15) is 16.7 Å². The zero-order chi connectivity index (χ0) is 14.7. The molecule has 0 saturated heterocycles. The van der Waals surface area contributed by atoms with Crippen LogP contribution < -0.4 is 4.74 Å². The molecule has 0 aliphatic heterocycles. The van der Waals surface area contributed by atoms with E-state index >= 15 is 0 Å². The molecule has 5 heteroatoms. The molecule has 2 rings (SSSR count). The molecule has 106 valence electrons. The van der Waals surface area contributed by atoms with Gasteiger partial charge in [0, 0.05) is 22.6 Å². The van der Waals surface area contributed by atoms with Crippen molar-refractivity contribution in [2.24, 2.45) is 0 Å². The highest BCUT2D eigenvalue weighted by Crippen LogP contribution is 2.34. The molecule has 0 N–H and O–H groups in total. The van der Waals surface area contributed by atoms with E-state index < -0.39 is 0 Å². The number of ether oxygens (including phenoxy) is 1. The van der Waals surface area contributed by atoms with E-state index in [9.17, 15) is 0 Å². The molecular weight excluding hydrogens is 295 g/mol. The highest BCUT2D eigenvalue weighted by molar-refractivity contribution is 6.31. The van der Waals surface area contributed by atoms with E-state index in [-0.39, 0.29) is 0 Å². The predicted octanol–water partition coefficient (Wildman–Crippen LogP) is 4.72. The average molecular weight is 311 g/mol. The summed E-state index contributed by atoms with van der Waals surface area (Å²) in [5.74, 6) is 1.45. The van der Waals surface area contributed by atoms with E-state index in [2.05, 4.69) is 16.9 Å². The van der Waals surface area contributed by atoms with Gasteiger partial charge in [0.15, 0.2) is 0 Å². The molecule has 0 aliphatic rings. The van der Waals surface area contributed by atoms with Gasteiger partial charge in [-0.3, -0.25) is 0 Å². The second-order valence-corrected chi connectivity index (χ2v) is 5.29. The molecule has 0 atom stereocenters. The summed E-state index contributed by atoms with van der Waals surface area (Å²) in [5, 5.41) is 1.10. The van der Waals surface area contributed by atoms with Crippen LogP contribution in [0.5, 0.6) is 5.75 Å².